The van der Waals surface area contributed by atoms with Crippen molar-refractivity contribution in [1.29, 1.82) is 0 Å². The number of anilines is 2. The molecule has 0 aromatic heterocycles. The predicted molar refractivity (Wildman–Crippen MR) is 161 cm³/mol. The monoisotopic (exact) mass is 574 g/mol. The third-order valence-corrected chi connectivity index (χ3v) is 8.01. The molecular weight excluding hydrogens is 544 g/mol. The predicted octanol–water partition coefficient (Wildman–Crippen LogP) is 6.35. The van der Waals surface area contributed by atoms with Crippen LogP contribution in [0.25, 0.3) is 0 Å². The minimum absolute atomic E-state index is 0.187. The standard InChI is InChI=1S/C35H30N2O6/c38-32(36-26-14-18-29(19-15-26)43-28-9-5-2-6-10-28)22-42-35(41)24-11-16-27(17-12-24)37-33(39)30-20-13-25(21-31(30)34(37)40)23-7-3-1-4-8-23/h1-12,14-19,25,30-31H,13,20-22H2,(H,36,38)/t25-,30-,31-/m1/s1. The summed E-state index contributed by atoms with van der Waals surface area (Å²) in [5, 5.41) is 2.68. The van der Waals surface area contributed by atoms with Crippen molar-refractivity contribution >= 4 is 35.1 Å². The first-order chi connectivity index (χ1) is 21.0. The second-order valence-corrected chi connectivity index (χ2v) is 10.8. The Balaban J connectivity index is 1.01. The molecule has 2 aliphatic rings. The third-order valence-electron chi connectivity index (χ3n) is 8.01. The molecule has 0 unspecified atom stereocenters. The Hall–Kier alpha value is -5.24. The topological polar surface area (TPSA) is 102 Å². The van der Waals surface area contributed by atoms with Gasteiger partial charge in [-0.25, -0.2) is 4.79 Å². The number of benzene rings is 4. The van der Waals surface area contributed by atoms with Crippen molar-refractivity contribution in [2.75, 3.05) is 16.8 Å². The SMILES string of the molecule is O=C(COC(=O)c1ccc(N2C(=O)[C@@H]3CC[C@@H](c4ccccc4)C[C@H]3C2=O)cc1)Nc1ccc(Oc2ccccc2)cc1. The highest BCUT2D eigenvalue weighted by Crippen LogP contribution is 2.45. The zero-order valence-electron chi connectivity index (χ0n) is 23.3. The summed E-state index contributed by atoms with van der Waals surface area (Å²) in [4.78, 5) is 52.7. The fourth-order valence-electron chi connectivity index (χ4n) is 5.85. The van der Waals surface area contributed by atoms with Gasteiger partial charge in [-0.05, 0) is 91.4 Å². The maximum absolute atomic E-state index is 13.3. The molecule has 4 aromatic rings. The highest BCUT2D eigenvalue weighted by Gasteiger charge is 2.50. The number of hydrogen-bond acceptors (Lipinski definition) is 6. The van der Waals surface area contributed by atoms with Crippen molar-refractivity contribution in [3.63, 3.8) is 0 Å². The lowest BCUT2D eigenvalue weighted by Crippen LogP contribution is -2.30. The Morgan fingerprint density at radius 1 is 0.721 bits per heavy atom. The van der Waals surface area contributed by atoms with E-state index in [1.54, 1.807) is 36.4 Å². The van der Waals surface area contributed by atoms with Crippen LogP contribution >= 0.6 is 0 Å². The fourth-order valence-corrected chi connectivity index (χ4v) is 5.85. The molecule has 0 radical (unpaired) electrons. The summed E-state index contributed by atoms with van der Waals surface area (Å²) in [6.45, 7) is -0.474. The van der Waals surface area contributed by atoms with E-state index >= 15 is 0 Å². The van der Waals surface area contributed by atoms with Gasteiger partial charge in [0.05, 0.1) is 23.1 Å². The Morgan fingerprint density at radius 3 is 2.05 bits per heavy atom. The molecule has 1 N–H and O–H groups in total. The van der Waals surface area contributed by atoms with Gasteiger partial charge in [0.25, 0.3) is 5.91 Å². The van der Waals surface area contributed by atoms with Crippen molar-refractivity contribution in [1.82, 2.24) is 0 Å². The molecule has 1 saturated heterocycles. The van der Waals surface area contributed by atoms with Gasteiger partial charge in [0.1, 0.15) is 11.5 Å². The first-order valence-corrected chi connectivity index (χ1v) is 14.3. The van der Waals surface area contributed by atoms with Crippen molar-refractivity contribution < 1.29 is 28.7 Å². The molecule has 6 rings (SSSR count). The van der Waals surface area contributed by atoms with E-state index in [0.717, 1.165) is 6.42 Å². The average Bonchev–Trinajstić information content (AvgIpc) is 3.30. The van der Waals surface area contributed by atoms with E-state index in [1.807, 2.05) is 48.5 Å². The first-order valence-electron chi connectivity index (χ1n) is 14.3. The van der Waals surface area contributed by atoms with Crippen LogP contribution in [0, 0.1) is 11.8 Å². The van der Waals surface area contributed by atoms with E-state index in [9.17, 15) is 19.2 Å². The number of carbonyl (C=O) groups is 4. The van der Waals surface area contributed by atoms with E-state index in [2.05, 4.69) is 17.4 Å². The van der Waals surface area contributed by atoms with Gasteiger partial charge >= 0.3 is 5.97 Å². The zero-order valence-corrected chi connectivity index (χ0v) is 23.3. The van der Waals surface area contributed by atoms with Crippen molar-refractivity contribution in [3.8, 4) is 11.5 Å². The number of esters is 1. The summed E-state index contributed by atoms with van der Waals surface area (Å²) in [6.07, 6.45) is 2.18. The Bertz CT molecular complexity index is 1620. The summed E-state index contributed by atoms with van der Waals surface area (Å²) < 4.78 is 10.9. The van der Waals surface area contributed by atoms with Crippen LogP contribution in [0.4, 0.5) is 11.4 Å². The summed E-state index contributed by atoms with van der Waals surface area (Å²) in [7, 11) is 0. The van der Waals surface area contributed by atoms with Gasteiger partial charge < -0.3 is 14.8 Å². The molecule has 0 spiro atoms. The lowest BCUT2D eigenvalue weighted by molar-refractivity contribution is -0.122. The molecule has 43 heavy (non-hydrogen) atoms. The summed E-state index contributed by atoms with van der Waals surface area (Å²) in [5.74, 6) is -0.653. The van der Waals surface area contributed by atoms with Gasteiger partial charge in [-0.15, -0.1) is 0 Å². The maximum atomic E-state index is 13.3. The number of para-hydroxylation sites is 1. The number of nitrogens with zero attached hydrogens (tertiary/aromatic N) is 1. The number of amides is 3. The molecular formula is C35H30N2O6. The minimum atomic E-state index is -0.688. The van der Waals surface area contributed by atoms with E-state index in [1.165, 1.54) is 22.6 Å². The van der Waals surface area contributed by atoms with Crippen LogP contribution in [0.1, 0.15) is 41.1 Å². The zero-order chi connectivity index (χ0) is 29.8. The van der Waals surface area contributed by atoms with Crippen LogP contribution in [-0.2, 0) is 19.1 Å². The highest BCUT2D eigenvalue weighted by atomic mass is 16.5. The summed E-state index contributed by atoms with van der Waals surface area (Å²) in [6, 6.07) is 32.4. The Kier molecular flexibility index (Phi) is 8.00. The second kappa shape index (κ2) is 12.3. The average molecular weight is 575 g/mol. The summed E-state index contributed by atoms with van der Waals surface area (Å²) in [5.41, 5.74) is 2.36. The van der Waals surface area contributed by atoms with Crippen LogP contribution in [-0.4, -0.2) is 30.3 Å². The van der Waals surface area contributed by atoms with Crippen molar-refractivity contribution in [2.45, 2.75) is 25.2 Å². The number of rotatable bonds is 8. The van der Waals surface area contributed by atoms with Gasteiger partial charge in [-0.2, -0.15) is 0 Å². The quantitative estimate of drug-likeness (QED) is 0.194. The number of nitrogens with one attached hydrogen (secondary N) is 1. The van der Waals surface area contributed by atoms with Crippen LogP contribution in [0.2, 0.25) is 0 Å². The van der Waals surface area contributed by atoms with E-state index in [0.29, 0.717) is 35.7 Å². The molecule has 2 fully saturated rings. The lowest BCUT2D eigenvalue weighted by atomic mass is 9.73. The van der Waals surface area contributed by atoms with Gasteiger partial charge in [0.2, 0.25) is 11.8 Å². The molecule has 216 valence electrons. The second-order valence-electron chi connectivity index (χ2n) is 10.8. The molecule has 0 bridgehead atoms. The molecule has 1 heterocycles. The Morgan fingerprint density at radius 2 is 1.35 bits per heavy atom. The molecule has 1 aliphatic heterocycles. The summed E-state index contributed by atoms with van der Waals surface area (Å²) >= 11 is 0. The van der Waals surface area contributed by atoms with E-state index in [-0.39, 0.29) is 35.1 Å². The van der Waals surface area contributed by atoms with Gasteiger partial charge in [0.15, 0.2) is 6.61 Å². The molecule has 3 atom stereocenters. The van der Waals surface area contributed by atoms with Crippen molar-refractivity contribution in [3.05, 3.63) is 120 Å². The van der Waals surface area contributed by atoms with Crippen LogP contribution in [0.5, 0.6) is 11.5 Å². The van der Waals surface area contributed by atoms with Crippen LogP contribution < -0.4 is 15.0 Å². The molecule has 8 heteroatoms. The molecule has 8 nitrogen and oxygen atoms in total. The first kappa shape index (κ1) is 27.9. The molecule has 4 aromatic carbocycles. The van der Waals surface area contributed by atoms with Crippen LogP contribution in [0.15, 0.2) is 109 Å². The number of ether oxygens (including phenoxy) is 2. The molecule has 3 amide bonds. The molecule has 1 aliphatic carbocycles. The fraction of sp³-hybridized carbons (Fsp3) is 0.200. The molecule has 1 saturated carbocycles. The van der Waals surface area contributed by atoms with Crippen LogP contribution in [0.3, 0.4) is 0 Å². The van der Waals surface area contributed by atoms with E-state index < -0.39 is 18.5 Å². The van der Waals surface area contributed by atoms with Gasteiger partial charge in [-0.3, -0.25) is 19.3 Å². The Labute approximate surface area is 249 Å². The number of carbonyl (C=O) groups excluding carboxylic acids is 4. The minimum Gasteiger partial charge on any atom is -0.457 e. The van der Waals surface area contributed by atoms with Gasteiger partial charge in [-0.1, -0.05) is 48.5 Å². The number of imide groups is 1. The number of hydrogen-bond donors (Lipinski definition) is 1. The number of fused-ring (bicyclic) bond motifs is 1. The third kappa shape index (κ3) is 6.18. The smallest absolute Gasteiger partial charge is 0.338 e. The highest BCUT2D eigenvalue weighted by molar-refractivity contribution is 6.22. The lowest BCUT2D eigenvalue weighted by Gasteiger charge is -2.28. The van der Waals surface area contributed by atoms with E-state index in [4.69, 9.17) is 9.47 Å². The van der Waals surface area contributed by atoms with Crippen molar-refractivity contribution in [2.24, 2.45) is 11.8 Å². The normalized spacial score (nSPS) is 19.4. The maximum Gasteiger partial charge on any atom is 0.338 e. The largest absolute Gasteiger partial charge is 0.457 e. The van der Waals surface area contributed by atoms with Gasteiger partial charge in [0, 0.05) is 5.69 Å².